The number of benzene rings is 1. The van der Waals surface area contributed by atoms with Gasteiger partial charge in [-0.3, -0.25) is 0 Å². The van der Waals surface area contributed by atoms with Gasteiger partial charge in [0.2, 0.25) is 0 Å². The topological polar surface area (TPSA) is 145 Å². The first-order valence-corrected chi connectivity index (χ1v) is 10.8. The van der Waals surface area contributed by atoms with Crippen molar-refractivity contribution in [3.8, 4) is 0 Å². The zero-order chi connectivity index (χ0) is 23.8. The maximum Gasteiger partial charge on any atom is 0.408 e. The molecule has 0 bridgehead atoms. The van der Waals surface area contributed by atoms with Crippen molar-refractivity contribution in [1.82, 2.24) is 15.5 Å². The fourth-order valence-electron chi connectivity index (χ4n) is 3.37. The van der Waals surface area contributed by atoms with Crippen molar-refractivity contribution in [2.24, 2.45) is 4.99 Å². The first-order valence-electron chi connectivity index (χ1n) is 10.8. The molecule has 12 heteroatoms. The number of hydrogen-bond donors (Lipinski definition) is 4. The monoisotopic (exact) mass is 462 g/mol. The summed E-state index contributed by atoms with van der Waals surface area (Å²) in [6.07, 6.45) is -1.23. The maximum atomic E-state index is 12.5. The molecule has 3 amide bonds. The number of hydrogen-bond acceptors (Lipinski definition) is 8. The van der Waals surface area contributed by atoms with E-state index < -0.39 is 18.1 Å². The highest BCUT2D eigenvalue weighted by Crippen LogP contribution is 2.21. The number of anilines is 2. The SMILES string of the molecule is CC(C)OC(=O)NC(CNC(=O)N1CCN(c2cccc(NC3=NCCO3)c2)CC1)C(=O)O. The Morgan fingerprint density at radius 2 is 1.97 bits per heavy atom. The second-order valence-electron chi connectivity index (χ2n) is 7.86. The van der Waals surface area contributed by atoms with Crippen LogP contribution in [-0.2, 0) is 14.3 Å². The zero-order valence-electron chi connectivity index (χ0n) is 18.7. The quantitative estimate of drug-likeness (QED) is 0.468. The van der Waals surface area contributed by atoms with Crippen LogP contribution in [0.25, 0.3) is 0 Å². The highest BCUT2D eigenvalue weighted by molar-refractivity contribution is 5.90. The molecule has 33 heavy (non-hydrogen) atoms. The Labute approximate surface area is 191 Å². The van der Waals surface area contributed by atoms with E-state index in [0.717, 1.165) is 11.4 Å². The third kappa shape index (κ3) is 7.16. The van der Waals surface area contributed by atoms with Crippen LogP contribution >= 0.6 is 0 Å². The first kappa shape index (κ1) is 24.0. The zero-order valence-corrected chi connectivity index (χ0v) is 18.7. The van der Waals surface area contributed by atoms with Gasteiger partial charge in [-0.05, 0) is 32.0 Å². The number of carbonyl (C=O) groups excluding carboxylic acids is 2. The number of carboxylic acids is 1. The van der Waals surface area contributed by atoms with Crippen LogP contribution in [0, 0.1) is 0 Å². The number of rotatable bonds is 7. The fourth-order valence-corrected chi connectivity index (χ4v) is 3.37. The van der Waals surface area contributed by atoms with E-state index >= 15 is 0 Å². The van der Waals surface area contributed by atoms with Crippen molar-refractivity contribution in [3.05, 3.63) is 24.3 Å². The van der Waals surface area contributed by atoms with Crippen molar-refractivity contribution in [2.45, 2.75) is 26.0 Å². The second kappa shape index (κ2) is 11.2. The largest absolute Gasteiger partial charge is 0.480 e. The van der Waals surface area contributed by atoms with Gasteiger partial charge in [-0.2, -0.15) is 0 Å². The first-order chi connectivity index (χ1) is 15.8. The molecular formula is C21H30N6O6. The van der Waals surface area contributed by atoms with Crippen LogP contribution in [0.15, 0.2) is 29.3 Å². The molecule has 2 heterocycles. The van der Waals surface area contributed by atoms with Gasteiger partial charge in [0.15, 0.2) is 0 Å². The molecule has 0 aromatic heterocycles. The van der Waals surface area contributed by atoms with E-state index in [1.54, 1.807) is 18.7 Å². The molecule has 180 valence electrons. The molecule has 1 unspecified atom stereocenters. The van der Waals surface area contributed by atoms with Gasteiger partial charge in [0.05, 0.1) is 19.2 Å². The molecule has 1 atom stereocenters. The maximum absolute atomic E-state index is 12.5. The molecule has 12 nitrogen and oxygen atoms in total. The van der Waals surface area contributed by atoms with Crippen molar-refractivity contribution >= 4 is 35.5 Å². The lowest BCUT2D eigenvalue weighted by Gasteiger charge is -2.36. The van der Waals surface area contributed by atoms with Crippen LogP contribution in [0.4, 0.5) is 21.0 Å². The Morgan fingerprint density at radius 1 is 1.21 bits per heavy atom. The summed E-state index contributed by atoms with van der Waals surface area (Å²) in [6, 6.07) is 6.71. The number of aliphatic carboxylic acids is 1. The minimum Gasteiger partial charge on any atom is -0.480 e. The summed E-state index contributed by atoms with van der Waals surface area (Å²) in [5, 5.41) is 17.3. The second-order valence-corrected chi connectivity index (χ2v) is 7.86. The van der Waals surface area contributed by atoms with Crippen LogP contribution in [0.3, 0.4) is 0 Å². The number of nitrogens with one attached hydrogen (secondary N) is 3. The summed E-state index contributed by atoms with van der Waals surface area (Å²) in [5.74, 6) is -1.26. The van der Waals surface area contributed by atoms with Gasteiger partial charge >= 0.3 is 18.1 Å². The van der Waals surface area contributed by atoms with E-state index in [-0.39, 0.29) is 18.7 Å². The fraction of sp³-hybridized carbons (Fsp3) is 0.524. The Bertz CT molecular complexity index is 884. The van der Waals surface area contributed by atoms with Gasteiger partial charge in [-0.25, -0.2) is 19.4 Å². The van der Waals surface area contributed by atoms with E-state index in [9.17, 15) is 19.5 Å². The normalized spacial score (nSPS) is 16.5. The number of urea groups is 1. The number of amidine groups is 1. The third-order valence-corrected chi connectivity index (χ3v) is 5.01. The molecule has 4 N–H and O–H groups in total. The van der Waals surface area contributed by atoms with E-state index in [0.29, 0.717) is 45.4 Å². The standard InChI is InChI=1S/C21H30N6O6/c1-14(2)33-21(31)25-17(18(28)29)13-23-20(30)27-9-7-26(8-10-27)16-5-3-4-15(12-16)24-19-22-6-11-32-19/h3-5,12,14,17H,6-11,13H2,1-2H3,(H,22,24)(H,23,30)(H,25,31)(H,28,29). The Morgan fingerprint density at radius 3 is 2.61 bits per heavy atom. The minimum atomic E-state index is -1.29. The summed E-state index contributed by atoms with van der Waals surface area (Å²) in [4.78, 5) is 43.5. The summed E-state index contributed by atoms with van der Waals surface area (Å²) in [7, 11) is 0. The van der Waals surface area contributed by atoms with Crippen LogP contribution in [-0.4, -0.2) is 92.1 Å². The van der Waals surface area contributed by atoms with E-state index in [2.05, 4.69) is 25.8 Å². The Kier molecular flexibility index (Phi) is 8.17. The van der Waals surface area contributed by atoms with Crippen LogP contribution < -0.4 is 20.9 Å². The molecule has 1 fully saturated rings. The molecule has 2 aliphatic heterocycles. The summed E-state index contributed by atoms with van der Waals surface area (Å²) >= 11 is 0. The average Bonchev–Trinajstić information content (AvgIpc) is 3.29. The molecule has 0 radical (unpaired) electrons. The molecule has 3 rings (SSSR count). The molecule has 0 saturated carbocycles. The number of carbonyl (C=O) groups is 3. The molecule has 0 spiro atoms. The number of alkyl carbamates (subject to hydrolysis) is 1. The predicted octanol–water partition coefficient (Wildman–Crippen LogP) is 0.904. The van der Waals surface area contributed by atoms with Crippen molar-refractivity contribution < 1.29 is 29.0 Å². The number of ether oxygens (including phenoxy) is 2. The van der Waals surface area contributed by atoms with Gasteiger partial charge in [0.25, 0.3) is 6.02 Å². The van der Waals surface area contributed by atoms with Gasteiger partial charge in [0.1, 0.15) is 12.6 Å². The Hall–Kier alpha value is -3.70. The van der Waals surface area contributed by atoms with Crippen molar-refractivity contribution in [3.63, 3.8) is 0 Å². The predicted molar refractivity (Wildman–Crippen MR) is 122 cm³/mol. The van der Waals surface area contributed by atoms with Gasteiger partial charge in [0, 0.05) is 37.6 Å². The molecule has 1 saturated heterocycles. The third-order valence-electron chi connectivity index (χ3n) is 5.01. The lowest BCUT2D eigenvalue weighted by molar-refractivity contribution is -0.139. The van der Waals surface area contributed by atoms with Crippen LogP contribution in [0.2, 0.25) is 0 Å². The Balaban J connectivity index is 1.46. The molecule has 2 aliphatic rings. The van der Waals surface area contributed by atoms with Crippen LogP contribution in [0.1, 0.15) is 13.8 Å². The number of nitrogens with zero attached hydrogens (tertiary/aromatic N) is 3. The average molecular weight is 463 g/mol. The van der Waals surface area contributed by atoms with E-state index in [4.69, 9.17) is 9.47 Å². The van der Waals surface area contributed by atoms with E-state index in [1.807, 2.05) is 24.3 Å². The van der Waals surface area contributed by atoms with Gasteiger partial charge in [-0.15, -0.1) is 0 Å². The molecule has 1 aromatic rings. The highest BCUT2D eigenvalue weighted by atomic mass is 16.6. The molecule has 1 aromatic carbocycles. The summed E-state index contributed by atoms with van der Waals surface area (Å²) in [6.45, 7) is 6.48. The minimum absolute atomic E-state index is 0.249. The van der Waals surface area contributed by atoms with Crippen molar-refractivity contribution in [1.29, 1.82) is 0 Å². The van der Waals surface area contributed by atoms with Crippen molar-refractivity contribution in [2.75, 3.05) is 56.1 Å². The lowest BCUT2D eigenvalue weighted by atomic mass is 10.2. The highest BCUT2D eigenvalue weighted by Gasteiger charge is 2.25. The number of aliphatic imine (C=N–C) groups is 1. The number of piperazine rings is 1. The number of amides is 3. The summed E-state index contributed by atoms with van der Waals surface area (Å²) < 4.78 is 10.3. The molecule has 0 aliphatic carbocycles. The summed E-state index contributed by atoms with van der Waals surface area (Å²) in [5.41, 5.74) is 1.88. The van der Waals surface area contributed by atoms with Gasteiger partial charge in [-0.1, -0.05) is 6.07 Å². The smallest absolute Gasteiger partial charge is 0.408 e. The van der Waals surface area contributed by atoms with Gasteiger partial charge < -0.3 is 40.3 Å². The number of carboxylic acid groups (broad SMARTS) is 1. The van der Waals surface area contributed by atoms with Crippen LogP contribution in [0.5, 0.6) is 0 Å². The van der Waals surface area contributed by atoms with E-state index in [1.165, 1.54) is 0 Å². The molecular weight excluding hydrogens is 432 g/mol. The lowest BCUT2D eigenvalue weighted by Crippen LogP contribution is -2.55.